The number of carboxylic acid groups (broad SMARTS) is 1. The van der Waals surface area contributed by atoms with Crippen LogP contribution in [0.5, 0.6) is 0 Å². The monoisotopic (exact) mass is 756 g/mol. The number of carboxylic acids is 1. The Bertz CT molecular complexity index is 1480. The number of hydrogen-bond donors (Lipinski definition) is 9. The van der Waals surface area contributed by atoms with Crippen LogP contribution < -0.4 is 43.4 Å². The van der Waals surface area contributed by atoms with Gasteiger partial charge in [0.2, 0.25) is 29.5 Å². The standard InChI is InChI=1S/C38H60N8O8/c1-9-23(6)31(37(52)42-25(8)38(53)54)46-32(47)24(7)41-34(49)29(20-26-15-11-10-12-16-26)44-36(51)30(22(4)5)45-35(50)28(19-21(2)3)43-33(48)27(40)17-13-14-18-39/h10-12,15-16,21-23,27-31H,7-9,13-14,17-20,39-40H2,1-6H3,(H,41,49)(H,42,52)(H,43,48)(H,44,51)(H,45,50)(H,46,47)(H,53,54)/t23-,27-,28-,29-,30-,31-/m0/s1. The number of nitrogens with one attached hydrogen (secondary N) is 6. The summed E-state index contributed by atoms with van der Waals surface area (Å²) < 4.78 is 0. The molecule has 6 atom stereocenters. The molecule has 1 aromatic rings. The van der Waals surface area contributed by atoms with E-state index in [4.69, 9.17) is 16.6 Å². The Balaban J connectivity index is 3.23. The topological polar surface area (TPSA) is 264 Å². The summed E-state index contributed by atoms with van der Waals surface area (Å²) in [6.07, 6.45) is 2.45. The van der Waals surface area contributed by atoms with Gasteiger partial charge in [-0.1, -0.05) is 97.9 Å². The van der Waals surface area contributed by atoms with Gasteiger partial charge in [0.15, 0.2) is 0 Å². The fourth-order valence-electron chi connectivity index (χ4n) is 5.23. The number of amides is 6. The highest BCUT2D eigenvalue weighted by atomic mass is 16.4. The number of unbranched alkanes of at least 4 members (excludes halogenated alkanes) is 1. The lowest BCUT2D eigenvalue weighted by Gasteiger charge is -2.28. The zero-order valence-electron chi connectivity index (χ0n) is 32.3. The van der Waals surface area contributed by atoms with Crippen LogP contribution in [0.4, 0.5) is 0 Å². The molecule has 0 saturated carbocycles. The molecule has 54 heavy (non-hydrogen) atoms. The highest BCUT2D eigenvalue weighted by molar-refractivity contribution is 6.02. The van der Waals surface area contributed by atoms with Crippen LogP contribution in [0, 0.1) is 17.8 Å². The van der Waals surface area contributed by atoms with Crippen LogP contribution in [0.2, 0.25) is 0 Å². The van der Waals surface area contributed by atoms with Crippen molar-refractivity contribution < 1.29 is 38.7 Å². The third-order valence-corrected chi connectivity index (χ3v) is 8.67. The fraction of sp³-hybridized carbons (Fsp3) is 0.553. The molecule has 6 amide bonds. The van der Waals surface area contributed by atoms with Crippen LogP contribution in [-0.2, 0) is 40.0 Å². The Morgan fingerprint density at radius 2 is 1.31 bits per heavy atom. The minimum Gasteiger partial charge on any atom is -0.477 e. The minimum absolute atomic E-state index is 0.00383. The Kier molecular flexibility index (Phi) is 20.5. The summed E-state index contributed by atoms with van der Waals surface area (Å²) in [5.41, 5.74) is 11.3. The summed E-state index contributed by atoms with van der Waals surface area (Å²) in [6.45, 7) is 18.0. The minimum atomic E-state index is -1.45. The molecule has 0 unspecified atom stereocenters. The molecule has 0 radical (unpaired) electrons. The van der Waals surface area contributed by atoms with Crippen LogP contribution in [-0.4, -0.2) is 83.3 Å². The van der Waals surface area contributed by atoms with E-state index < -0.39 is 94.9 Å². The Morgan fingerprint density at radius 3 is 1.85 bits per heavy atom. The van der Waals surface area contributed by atoms with Crippen molar-refractivity contribution in [3.63, 3.8) is 0 Å². The van der Waals surface area contributed by atoms with E-state index in [0.29, 0.717) is 37.8 Å². The summed E-state index contributed by atoms with van der Waals surface area (Å²) in [5.74, 6) is -6.67. The summed E-state index contributed by atoms with van der Waals surface area (Å²) in [7, 11) is 0. The largest absolute Gasteiger partial charge is 0.477 e. The number of carbonyl (C=O) groups excluding carboxylic acids is 6. The van der Waals surface area contributed by atoms with Gasteiger partial charge in [0.25, 0.3) is 5.91 Å². The lowest BCUT2D eigenvalue weighted by Crippen LogP contribution is -2.59. The average molecular weight is 757 g/mol. The molecule has 0 heterocycles. The molecule has 0 aliphatic carbocycles. The maximum Gasteiger partial charge on any atom is 0.351 e. The molecule has 16 heteroatoms. The third-order valence-electron chi connectivity index (χ3n) is 8.67. The molecule has 1 rings (SSSR count). The lowest BCUT2D eigenvalue weighted by atomic mass is 9.98. The van der Waals surface area contributed by atoms with Crippen molar-refractivity contribution in [2.45, 2.75) is 110 Å². The van der Waals surface area contributed by atoms with Crippen LogP contribution in [0.25, 0.3) is 0 Å². The van der Waals surface area contributed by atoms with Crippen LogP contribution in [0.15, 0.2) is 54.9 Å². The number of carbonyl (C=O) groups is 7. The number of nitrogens with two attached hydrogens (primary N) is 2. The molecule has 0 spiro atoms. The first-order valence-corrected chi connectivity index (χ1v) is 18.3. The van der Waals surface area contributed by atoms with Crippen LogP contribution in [0.3, 0.4) is 0 Å². The van der Waals surface area contributed by atoms with Gasteiger partial charge in [0.1, 0.15) is 29.9 Å². The van der Waals surface area contributed by atoms with Gasteiger partial charge < -0.3 is 48.5 Å². The first kappa shape index (κ1) is 46.9. The van der Waals surface area contributed by atoms with Crippen molar-refractivity contribution in [2.75, 3.05) is 6.54 Å². The van der Waals surface area contributed by atoms with Gasteiger partial charge in [0.05, 0.1) is 11.7 Å². The molecule has 0 bridgehead atoms. The van der Waals surface area contributed by atoms with E-state index in [9.17, 15) is 33.6 Å². The molecule has 0 fully saturated rings. The van der Waals surface area contributed by atoms with E-state index in [1.807, 2.05) is 13.8 Å². The van der Waals surface area contributed by atoms with E-state index in [1.165, 1.54) is 0 Å². The Morgan fingerprint density at radius 1 is 0.722 bits per heavy atom. The SMILES string of the molecule is C=C(NC(=O)[C@@H](NC(=O)C(=C)NC(=O)[C@H](Cc1ccccc1)NC(=O)[C@@H](NC(=O)[C@H](CC(C)C)NC(=O)[C@@H](N)CCCCN)C(C)C)[C@@H](C)CC)C(=O)O. The summed E-state index contributed by atoms with van der Waals surface area (Å²) >= 11 is 0. The van der Waals surface area contributed by atoms with Crippen molar-refractivity contribution in [1.82, 2.24) is 31.9 Å². The first-order valence-electron chi connectivity index (χ1n) is 18.3. The second-order valence-electron chi connectivity index (χ2n) is 14.1. The van der Waals surface area contributed by atoms with E-state index in [-0.39, 0.29) is 18.8 Å². The van der Waals surface area contributed by atoms with Gasteiger partial charge in [-0.25, -0.2) is 4.79 Å². The predicted molar refractivity (Wildman–Crippen MR) is 205 cm³/mol. The zero-order chi connectivity index (χ0) is 41.1. The van der Waals surface area contributed by atoms with Gasteiger partial charge >= 0.3 is 5.97 Å². The first-order chi connectivity index (χ1) is 25.3. The molecule has 300 valence electrons. The quantitative estimate of drug-likeness (QED) is 0.0527. The molecule has 0 aromatic heterocycles. The van der Waals surface area contributed by atoms with Crippen molar-refractivity contribution in [1.29, 1.82) is 0 Å². The number of rotatable bonds is 24. The van der Waals surface area contributed by atoms with Gasteiger partial charge in [-0.3, -0.25) is 28.8 Å². The second-order valence-corrected chi connectivity index (χ2v) is 14.1. The predicted octanol–water partition coefficient (Wildman–Crippen LogP) is 0.717. The maximum absolute atomic E-state index is 13.8. The van der Waals surface area contributed by atoms with Crippen molar-refractivity contribution in [2.24, 2.45) is 29.2 Å². The molecule has 0 aliphatic rings. The molecule has 0 saturated heterocycles. The number of hydrogen-bond acceptors (Lipinski definition) is 9. The van der Waals surface area contributed by atoms with E-state index >= 15 is 0 Å². The lowest BCUT2D eigenvalue weighted by molar-refractivity contribution is -0.135. The second kappa shape index (κ2) is 23.5. The zero-order valence-corrected chi connectivity index (χ0v) is 32.3. The van der Waals surface area contributed by atoms with E-state index in [0.717, 1.165) is 0 Å². The van der Waals surface area contributed by atoms with Gasteiger partial charge in [-0.05, 0) is 49.1 Å². The van der Waals surface area contributed by atoms with Crippen LogP contribution >= 0.6 is 0 Å². The van der Waals surface area contributed by atoms with Crippen LogP contribution in [0.1, 0.15) is 79.2 Å². The molecule has 11 N–H and O–H groups in total. The third kappa shape index (κ3) is 16.3. The van der Waals surface area contributed by atoms with Gasteiger partial charge in [0, 0.05) is 6.42 Å². The number of benzene rings is 1. The smallest absolute Gasteiger partial charge is 0.351 e. The highest BCUT2D eigenvalue weighted by Crippen LogP contribution is 2.12. The normalized spacial score (nSPS) is 14.3. The summed E-state index contributed by atoms with van der Waals surface area (Å²) in [6, 6.07) is 3.37. The summed E-state index contributed by atoms with van der Waals surface area (Å²) in [5, 5.41) is 24.3. The molecular formula is C38H60N8O8. The van der Waals surface area contributed by atoms with Crippen molar-refractivity contribution in [3.05, 3.63) is 60.4 Å². The fourth-order valence-corrected chi connectivity index (χ4v) is 5.23. The molecular weight excluding hydrogens is 696 g/mol. The Labute approximate surface area is 318 Å². The van der Waals surface area contributed by atoms with Gasteiger partial charge in [-0.2, -0.15) is 0 Å². The maximum atomic E-state index is 13.8. The molecule has 0 aliphatic heterocycles. The van der Waals surface area contributed by atoms with E-state index in [1.54, 1.807) is 58.0 Å². The average Bonchev–Trinajstić information content (AvgIpc) is 3.11. The summed E-state index contributed by atoms with van der Waals surface area (Å²) in [4.78, 5) is 91.1. The van der Waals surface area contributed by atoms with E-state index in [2.05, 4.69) is 45.1 Å². The Hall–Kier alpha value is -5.09. The number of aliphatic carboxylic acids is 1. The van der Waals surface area contributed by atoms with Crippen molar-refractivity contribution in [3.8, 4) is 0 Å². The highest BCUT2D eigenvalue weighted by Gasteiger charge is 2.33. The molecule has 16 nitrogen and oxygen atoms in total. The molecule has 1 aromatic carbocycles. The van der Waals surface area contributed by atoms with Gasteiger partial charge in [-0.15, -0.1) is 0 Å². The van der Waals surface area contributed by atoms with Crippen molar-refractivity contribution >= 4 is 41.4 Å².